The quantitative estimate of drug-likeness (QED) is 0.772. The lowest BCUT2D eigenvalue weighted by Crippen LogP contribution is -2.26. The number of benzene rings is 1. The molecule has 1 aromatic rings. The third kappa shape index (κ3) is 3.02. The Morgan fingerprint density at radius 3 is 2.67 bits per heavy atom. The minimum Gasteiger partial charge on any atom is -0.508 e. The molecule has 0 atom stereocenters. The standard InChI is InChI=1S/C11H13NO3/c1-3-8-15-11(14)12(2)9-4-6-10(13)7-5-9/h3-7,13H,1,8H2,2H3. The van der Waals surface area contributed by atoms with Crippen LogP contribution in [0.3, 0.4) is 0 Å². The molecule has 0 aromatic heterocycles. The van der Waals surface area contributed by atoms with E-state index in [1.54, 1.807) is 19.2 Å². The maximum Gasteiger partial charge on any atom is 0.414 e. The van der Waals surface area contributed by atoms with Crippen molar-refractivity contribution in [2.45, 2.75) is 0 Å². The van der Waals surface area contributed by atoms with Gasteiger partial charge in [-0.05, 0) is 24.3 Å². The summed E-state index contributed by atoms with van der Waals surface area (Å²) >= 11 is 0. The number of hydrogen-bond donors (Lipinski definition) is 1. The minimum absolute atomic E-state index is 0.159. The van der Waals surface area contributed by atoms with Crippen molar-refractivity contribution in [2.75, 3.05) is 18.6 Å². The van der Waals surface area contributed by atoms with E-state index in [-0.39, 0.29) is 12.4 Å². The molecule has 1 N–H and O–H groups in total. The average Bonchev–Trinajstić information content (AvgIpc) is 2.26. The number of aromatic hydroxyl groups is 1. The van der Waals surface area contributed by atoms with E-state index in [0.29, 0.717) is 5.69 Å². The summed E-state index contributed by atoms with van der Waals surface area (Å²) in [7, 11) is 1.60. The van der Waals surface area contributed by atoms with Gasteiger partial charge in [-0.3, -0.25) is 4.90 Å². The zero-order valence-electron chi connectivity index (χ0n) is 8.51. The SMILES string of the molecule is C=CCOC(=O)N(C)c1ccc(O)cc1. The highest BCUT2D eigenvalue weighted by molar-refractivity contribution is 5.87. The van der Waals surface area contributed by atoms with Gasteiger partial charge in [-0.2, -0.15) is 0 Å². The van der Waals surface area contributed by atoms with Crippen LogP contribution in [0.25, 0.3) is 0 Å². The Bertz CT molecular complexity index is 345. The molecule has 0 aliphatic heterocycles. The second kappa shape index (κ2) is 5.05. The van der Waals surface area contributed by atoms with E-state index in [0.717, 1.165) is 0 Å². The van der Waals surface area contributed by atoms with Gasteiger partial charge in [-0.1, -0.05) is 12.7 Å². The Kier molecular flexibility index (Phi) is 3.74. The highest BCUT2D eigenvalue weighted by Gasteiger charge is 2.10. The number of anilines is 1. The summed E-state index contributed by atoms with van der Waals surface area (Å²) in [5.41, 5.74) is 0.655. The highest BCUT2D eigenvalue weighted by Crippen LogP contribution is 2.17. The lowest BCUT2D eigenvalue weighted by atomic mass is 10.3. The number of carbonyl (C=O) groups is 1. The lowest BCUT2D eigenvalue weighted by molar-refractivity contribution is 0.167. The first-order valence-electron chi connectivity index (χ1n) is 4.45. The van der Waals surface area contributed by atoms with Gasteiger partial charge < -0.3 is 9.84 Å². The summed E-state index contributed by atoms with van der Waals surface area (Å²) in [6.45, 7) is 3.63. The molecule has 4 nitrogen and oxygen atoms in total. The number of amides is 1. The van der Waals surface area contributed by atoms with Crippen LogP contribution in [0.1, 0.15) is 0 Å². The third-order valence-corrected chi connectivity index (χ3v) is 1.84. The van der Waals surface area contributed by atoms with E-state index in [1.165, 1.54) is 23.1 Å². The molecule has 0 radical (unpaired) electrons. The summed E-state index contributed by atoms with van der Waals surface area (Å²) in [6.07, 6.45) is 1.04. The zero-order valence-corrected chi connectivity index (χ0v) is 8.51. The number of hydrogen-bond acceptors (Lipinski definition) is 3. The molecule has 0 heterocycles. The van der Waals surface area contributed by atoms with Crippen molar-refractivity contribution in [1.29, 1.82) is 0 Å². The first kappa shape index (κ1) is 11.1. The molecular formula is C11H13NO3. The number of carbonyl (C=O) groups excluding carboxylic acids is 1. The zero-order chi connectivity index (χ0) is 11.3. The first-order chi connectivity index (χ1) is 7.15. The molecule has 0 saturated heterocycles. The normalized spacial score (nSPS) is 9.40. The number of nitrogens with zero attached hydrogens (tertiary/aromatic N) is 1. The molecule has 0 aliphatic carbocycles. The second-order valence-corrected chi connectivity index (χ2v) is 2.94. The van der Waals surface area contributed by atoms with Crippen molar-refractivity contribution in [3.8, 4) is 5.75 Å². The number of phenolic OH excluding ortho intramolecular Hbond substituents is 1. The van der Waals surface area contributed by atoms with Crippen LogP contribution in [0.4, 0.5) is 10.5 Å². The molecule has 0 spiro atoms. The smallest absolute Gasteiger partial charge is 0.414 e. The monoisotopic (exact) mass is 207 g/mol. The highest BCUT2D eigenvalue weighted by atomic mass is 16.6. The van der Waals surface area contributed by atoms with Gasteiger partial charge in [-0.15, -0.1) is 0 Å². The Morgan fingerprint density at radius 2 is 2.13 bits per heavy atom. The van der Waals surface area contributed by atoms with Crippen LogP contribution in [0.5, 0.6) is 5.75 Å². The summed E-state index contributed by atoms with van der Waals surface area (Å²) < 4.78 is 4.84. The first-order valence-corrected chi connectivity index (χ1v) is 4.45. The number of phenols is 1. The molecule has 15 heavy (non-hydrogen) atoms. The molecule has 0 bridgehead atoms. The Hall–Kier alpha value is -1.97. The summed E-state index contributed by atoms with van der Waals surface area (Å²) in [4.78, 5) is 12.7. The molecular weight excluding hydrogens is 194 g/mol. The van der Waals surface area contributed by atoms with Crippen molar-refractivity contribution in [3.05, 3.63) is 36.9 Å². The third-order valence-electron chi connectivity index (χ3n) is 1.84. The van der Waals surface area contributed by atoms with E-state index >= 15 is 0 Å². The molecule has 80 valence electrons. The Morgan fingerprint density at radius 1 is 1.53 bits per heavy atom. The Balaban J connectivity index is 2.67. The predicted molar refractivity (Wildman–Crippen MR) is 58.1 cm³/mol. The van der Waals surface area contributed by atoms with Crippen LogP contribution >= 0.6 is 0 Å². The van der Waals surface area contributed by atoms with Crippen LogP contribution in [-0.4, -0.2) is 24.9 Å². The number of rotatable bonds is 3. The molecule has 4 heteroatoms. The summed E-state index contributed by atoms with van der Waals surface area (Å²) in [5.74, 6) is 0.159. The van der Waals surface area contributed by atoms with E-state index in [4.69, 9.17) is 9.84 Å². The van der Waals surface area contributed by atoms with Crippen LogP contribution in [-0.2, 0) is 4.74 Å². The van der Waals surface area contributed by atoms with Gasteiger partial charge in [0.1, 0.15) is 12.4 Å². The van der Waals surface area contributed by atoms with E-state index in [1.807, 2.05) is 0 Å². The second-order valence-electron chi connectivity index (χ2n) is 2.94. The molecule has 1 amide bonds. The fraction of sp³-hybridized carbons (Fsp3) is 0.182. The lowest BCUT2D eigenvalue weighted by Gasteiger charge is -2.16. The number of ether oxygens (including phenoxy) is 1. The topological polar surface area (TPSA) is 49.8 Å². The van der Waals surface area contributed by atoms with Crippen molar-refractivity contribution in [3.63, 3.8) is 0 Å². The average molecular weight is 207 g/mol. The molecule has 1 rings (SSSR count). The van der Waals surface area contributed by atoms with Crippen molar-refractivity contribution in [1.82, 2.24) is 0 Å². The van der Waals surface area contributed by atoms with Crippen molar-refractivity contribution in [2.24, 2.45) is 0 Å². The van der Waals surface area contributed by atoms with Gasteiger partial charge in [0, 0.05) is 12.7 Å². The van der Waals surface area contributed by atoms with Gasteiger partial charge in [-0.25, -0.2) is 4.79 Å². The maximum atomic E-state index is 11.4. The van der Waals surface area contributed by atoms with Crippen LogP contribution in [0.15, 0.2) is 36.9 Å². The van der Waals surface area contributed by atoms with Gasteiger partial charge in [0.15, 0.2) is 0 Å². The van der Waals surface area contributed by atoms with Gasteiger partial charge >= 0.3 is 6.09 Å². The van der Waals surface area contributed by atoms with E-state index in [2.05, 4.69) is 6.58 Å². The van der Waals surface area contributed by atoms with Crippen LogP contribution in [0.2, 0.25) is 0 Å². The van der Waals surface area contributed by atoms with E-state index < -0.39 is 6.09 Å². The molecule has 0 saturated carbocycles. The minimum atomic E-state index is -0.458. The summed E-state index contributed by atoms with van der Waals surface area (Å²) in [5, 5.41) is 9.07. The molecule has 0 aliphatic rings. The van der Waals surface area contributed by atoms with Crippen LogP contribution < -0.4 is 4.90 Å². The fourth-order valence-corrected chi connectivity index (χ4v) is 1.01. The predicted octanol–water partition coefficient (Wildman–Crippen LogP) is 2.15. The Labute approximate surface area is 88.4 Å². The summed E-state index contributed by atoms with van der Waals surface area (Å²) in [6, 6.07) is 6.27. The molecule has 0 unspecified atom stereocenters. The van der Waals surface area contributed by atoms with Crippen LogP contribution in [0, 0.1) is 0 Å². The largest absolute Gasteiger partial charge is 0.508 e. The van der Waals surface area contributed by atoms with Crippen molar-refractivity contribution < 1.29 is 14.6 Å². The fourth-order valence-electron chi connectivity index (χ4n) is 1.01. The van der Waals surface area contributed by atoms with Gasteiger partial charge in [0.05, 0.1) is 0 Å². The van der Waals surface area contributed by atoms with Gasteiger partial charge in [0.2, 0.25) is 0 Å². The van der Waals surface area contributed by atoms with Crippen molar-refractivity contribution >= 4 is 11.8 Å². The maximum absolute atomic E-state index is 11.4. The van der Waals surface area contributed by atoms with Gasteiger partial charge in [0.25, 0.3) is 0 Å². The molecule has 1 aromatic carbocycles. The van der Waals surface area contributed by atoms with E-state index in [9.17, 15) is 4.79 Å². The molecule has 0 fully saturated rings.